The minimum Gasteiger partial charge on any atom is -0.377 e. The van der Waals surface area contributed by atoms with Gasteiger partial charge in [0.2, 0.25) is 0 Å². The maximum atomic E-state index is 12.6. The normalized spacial score (nSPS) is 31.3. The van der Waals surface area contributed by atoms with E-state index < -0.39 is 0 Å². The second-order valence-electron chi connectivity index (χ2n) is 6.53. The van der Waals surface area contributed by atoms with Crippen LogP contribution in [-0.2, 0) is 9.47 Å². The summed E-state index contributed by atoms with van der Waals surface area (Å²) in [5, 5.41) is 0. The van der Waals surface area contributed by atoms with Gasteiger partial charge < -0.3 is 14.4 Å². The van der Waals surface area contributed by atoms with Crippen LogP contribution in [0.3, 0.4) is 0 Å². The van der Waals surface area contributed by atoms with E-state index in [1.165, 1.54) is 0 Å². The van der Waals surface area contributed by atoms with Gasteiger partial charge in [0.05, 0.1) is 24.9 Å². The van der Waals surface area contributed by atoms with Crippen LogP contribution in [0.1, 0.15) is 23.3 Å². The van der Waals surface area contributed by atoms with Gasteiger partial charge in [-0.15, -0.1) is 0 Å². The Balaban J connectivity index is 1.43. The molecule has 3 aliphatic rings. The molecule has 6 heteroatoms. The number of likely N-dealkylation sites (tertiary alicyclic amines) is 1. The van der Waals surface area contributed by atoms with Gasteiger partial charge >= 0.3 is 0 Å². The Labute approximate surface area is 136 Å². The molecule has 0 aliphatic carbocycles. The van der Waals surface area contributed by atoms with E-state index in [0.29, 0.717) is 24.9 Å². The number of carbonyl (C=O) groups is 1. The van der Waals surface area contributed by atoms with Crippen molar-refractivity contribution in [1.29, 1.82) is 0 Å². The number of carbonyl (C=O) groups excluding carboxylic acids is 1. The van der Waals surface area contributed by atoms with Gasteiger partial charge in [-0.25, -0.2) is 0 Å². The molecule has 124 valence electrons. The highest BCUT2D eigenvalue weighted by atomic mass is 16.5. The monoisotopic (exact) mass is 317 g/mol. The second-order valence-corrected chi connectivity index (χ2v) is 6.53. The predicted octanol–water partition coefficient (Wildman–Crippen LogP) is 0.786. The molecule has 23 heavy (non-hydrogen) atoms. The lowest BCUT2D eigenvalue weighted by Gasteiger charge is -2.37. The van der Waals surface area contributed by atoms with Crippen LogP contribution < -0.4 is 0 Å². The van der Waals surface area contributed by atoms with Crippen molar-refractivity contribution in [2.45, 2.75) is 31.1 Å². The summed E-state index contributed by atoms with van der Waals surface area (Å²) >= 11 is 0. The summed E-state index contributed by atoms with van der Waals surface area (Å²) in [6.45, 7) is 4.87. The molecule has 4 heterocycles. The number of hydrogen-bond acceptors (Lipinski definition) is 5. The molecule has 0 spiro atoms. The third kappa shape index (κ3) is 3.11. The smallest absolute Gasteiger partial charge is 0.272 e. The van der Waals surface area contributed by atoms with Gasteiger partial charge in [-0.05, 0) is 25.0 Å². The van der Waals surface area contributed by atoms with Crippen molar-refractivity contribution in [3.63, 3.8) is 0 Å². The zero-order valence-electron chi connectivity index (χ0n) is 13.3. The lowest BCUT2D eigenvalue weighted by Crippen LogP contribution is -2.52. The number of aromatic nitrogens is 1. The van der Waals surface area contributed by atoms with Gasteiger partial charge in [0.1, 0.15) is 5.69 Å². The molecule has 0 aromatic carbocycles. The molecular weight excluding hydrogens is 294 g/mol. The quantitative estimate of drug-likeness (QED) is 0.825. The van der Waals surface area contributed by atoms with Crippen LogP contribution in [-0.4, -0.2) is 78.3 Å². The summed E-state index contributed by atoms with van der Waals surface area (Å²) < 4.78 is 11.7. The van der Waals surface area contributed by atoms with E-state index in [2.05, 4.69) is 9.88 Å². The lowest BCUT2D eigenvalue weighted by atomic mass is 10.1. The van der Waals surface area contributed by atoms with E-state index in [1.807, 2.05) is 17.0 Å². The van der Waals surface area contributed by atoms with Gasteiger partial charge in [0.25, 0.3) is 5.91 Å². The molecule has 6 nitrogen and oxygen atoms in total. The first-order chi connectivity index (χ1) is 11.3. The van der Waals surface area contributed by atoms with Gasteiger partial charge in [0.15, 0.2) is 0 Å². The average Bonchev–Trinajstić information content (AvgIpc) is 3.25. The van der Waals surface area contributed by atoms with Crippen LogP contribution >= 0.6 is 0 Å². The highest BCUT2D eigenvalue weighted by Crippen LogP contribution is 2.25. The fourth-order valence-corrected chi connectivity index (χ4v) is 3.85. The standard InChI is InChI=1S/C17H23N3O3/c21-17(14-5-1-2-6-18-14)20-11-15-16(12-20)23-9-7-19(15)10-13-4-3-8-22-13/h1-2,5-6,13,15-16H,3-4,7-12H2/t13-,15-,16+/m1/s1. The summed E-state index contributed by atoms with van der Waals surface area (Å²) in [6.07, 6.45) is 4.42. The first-order valence-electron chi connectivity index (χ1n) is 8.49. The van der Waals surface area contributed by atoms with E-state index in [9.17, 15) is 4.79 Å². The largest absolute Gasteiger partial charge is 0.377 e. The number of hydrogen-bond donors (Lipinski definition) is 0. The number of nitrogens with zero attached hydrogens (tertiary/aromatic N) is 3. The first kappa shape index (κ1) is 15.1. The molecule has 4 rings (SSSR count). The van der Waals surface area contributed by atoms with E-state index in [-0.39, 0.29) is 18.1 Å². The third-order valence-corrected chi connectivity index (χ3v) is 5.05. The molecule has 0 N–H and O–H groups in total. The number of fused-ring (bicyclic) bond motifs is 1. The molecular formula is C17H23N3O3. The Kier molecular flexibility index (Phi) is 4.29. The number of ether oxygens (including phenoxy) is 2. The summed E-state index contributed by atoms with van der Waals surface area (Å²) in [5.74, 6) is 0.000617. The molecule has 1 amide bonds. The summed E-state index contributed by atoms with van der Waals surface area (Å²) in [6, 6.07) is 5.73. The fraction of sp³-hybridized carbons (Fsp3) is 0.647. The molecule has 3 atom stereocenters. The molecule has 3 aliphatic heterocycles. The zero-order chi connectivity index (χ0) is 15.6. The maximum Gasteiger partial charge on any atom is 0.272 e. The fourth-order valence-electron chi connectivity index (χ4n) is 3.85. The van der Waals surface area contributed by atoms with Crippen molar-refractivity contribution < 1.29 is 14.3 Å². The van der Waals surface area contributed by atoms with Crippen LogP contribution in [0.4, 0.5) is 0 Å². The van der Waals surface area contributed by atoms with Gasteiger partial charge in [-0.2, -0.15) is 0 Å². The minimum absolute atomic E-state index is 0.000617. The van der Waals surface area contributed by atoms with Crippen molar-refractivity contribution in [2.24, 2.45) is 0 Å². The van der Waals surface area contributed by atoms with Gasteiger partial charge in [0, 0.05) is 39.0 Å². The number of pyridine rings is 1. The first-order valence-corrected chi connectivity index (χ1v) is 8.49. The Hall–Kier alpha value is -1.50. The molecule has 3 saturated heterocycles. The van der Waals surface area contributed by atoms with E-state index in [0.717, 1.165) is 39.1 Å². The van der Waals surface area contributed by atoms with Crippen molar-refractivity contribution in [2.75, 3.05) is 39.4 Å². The van der Waals surface area contributed by atoms with E-state index in [1.54, 1.807) is 12.3 Å². The molecule has 0 saturated carbocycles. The highest BCUT2D eigenvalue weighted by molar-refractivity contribution is 5.92. The zero-order valence-corrected chi connectivity index (χ0v) is 13.3. The van der Waals surface area contributed by atoms with Crippen LogP contribution in [0.2, 0.25) is 0 Å². The van der Waals surface area contributed by atoms with Crippen LogP contribution in [0.15, 0.2) is 24.4 Å². The number of rotatable bonds is 3. The van der Waals surface area contributed by atoms with Gasteiger partial charge in [-0.1, -0.05) is 6.07 Å². The maximum absolute atomic E-state index is 12.6. The van der Waals surface area contributed by atoms with Crippen molar-refractivity contribution in [3.05, 3.63) is 30.1 Å². The average molecular weight is 317 g/mol. The van der Waals surface area contributed by atoms with Crippen LogP contribution in [0.25, 0.3) is 0 Å². The lowest BCUT2D eigenvalue weighted by molar-refractivity contribution is -0.0614. The van der Waals surface area contributed by atoms with Gasteiger partial charge in [-0.3, -0.25) is 14.7 Å². The molecule has 3 fully saturated rings. The second kappa shape index (κ2) is 6.55. The number of morpholine rings is 1. The minimum atomic E-state index is 0.000617. The van der Waals surface area contributed by atoms with E-state index in [4.69, 9.17) is 9.47 Å². The molecule has 0 unspecified atom stereocenters. The Morgan fingerprint density at radius 2 is 2.22 bits per heavy atom. The summed E-state index contributed by atoms with van der Waals surface area (Å²) in [5.41, 5.74) is 0.511. The van der Waals surface area contributed by atoms with Crippen molar-refractivity contribution >= 4 is 5.91 Å². The Bertz CT molecular complexity index is 547. The summed E-state index contributed by atoms with van der Waals surface area (Å²) in [4.78, 5) is 21.1. The number of amides is 1. The third-order valence-electron chi connectivity index (χ3n) is 5.05. The Morgan fingerprint density at radius 1 is 1.26 bits per heavy atom. The van der Waals surface area contributed by atoms with Crippen LogP contribution in [0.5, 0.6) is 0 Å². The van der Waals surface area contributed by atoms with Crippen molar-refractivity contribution in [1.82, 2.24) is 14.8 Å². The molecule has 0 radical (unpaired) electrons. The summed E-state index contributed by atoms with van der Waals surface area (Å²) in [7, 11) is 0. The SMILES string of the molecule is O=C(c1ccccn1)N1C[C@@H]2OCCN(C[C@H]3CCCO3)[C@@H]2C1. The topological polar surface area (TPSA) is 54.9 Å². The molecule has 0 bridgehead atoms. The highest BCUT2D eigenvalue weighted by Gasteiger charge is 2.42. The van der Waals surface area contributed by atoms with E-state index >= 15 is 0 Å². The predicted molar refractivity (Wildman–Crippen MR) is 84.2 cm³/mol. The molecule has 1 aromatic heterocycles. The van der Waals surface area contributed by atoms with Crippen molar-refractivity contribution in [3.8, 4) is 0 Å². The molecule has 1 aromatic rings. The Morgan fingerprint density at radius 3 is 3.00 bits per heavy atom. The van der Waals surface area contributed by atoms with Crippen LogP contribution in [0, 0.1) is 0 Å².